The van der Waals surface area contributed by atoms with E-state index in [9.17, 15) is 10.1 Å². The topological polar surface area (TPSA) is 53.5 Å². The Balaban J connectivity index is 1.35. The first-order valence-electron chi connectivity index (χ1n) is 11.7. The van der Waals surface area contributed by atoms with Gasteiger partial charge in [-0.2, -0.15) is 5.26 Å². The quantitative estimate of drug-likeness (QED) is 0.804. The van der Waals surface area contributed by atoms with E-state index < -0.39 is 0 Å². The van der Waals surface area contributed by atoms with E-state index in [2.05, 4.69) is 40.9 Å². The molecular formula is C24H35N4O+. The number of carbonyl (C=O) groups excluding carboxylic acids is 1. The molecule has 5 heteroatoms. The highest BCUT2D eigenvalue weighted by Gasteiger charge is 2.55. The molecule has 5 fully saturated rings. The van der Waals surface area contributed by atoms with Crippen LogP contribution in [0.3, 0.4) is 0 Å². The van der Waals surface area contributed by atoms with Crippen molar-refractivity contribution in [3.8, 4) is 6.07 Å². The summed E-state index contributed by atoms with van der Waals surface area (Å²) < 4.78 is 2.22. The van der Waals surface area contributed by atoms with Gasteiger partial charge in [0, 0.05) is 38.2 Å². The van der Waals surface area contributed by atoms with Crippen LogP contribution in [0.1, 0.15) is 69.5 Å². The highest BCUT2D eigenvalue weighted by Crippen LogP contribution is 2.57. The van der Waals surface area contributed by atoms with E-state index in [1.807, 2.05) is 0 Å². The molecule has 2 heterocycles. The number of quaternary nitrogens is 1. The van der Waals surface area contributed by atoms with Gasteiger partial charge in [0.1, 0.15) is 6.04 Å². The summed E-state index contributed by atoms with van der Waals surface area (Å²) in [6.45, 7) is 2.29. The van der Waals surface area contributed by atoms with Gasteiger partial charge >= 0.3 is 0 Å². The smallest absolute Gasteiger partial charge is 0.278 e. The van der Waals surface area contributed by atoms with Crippen LogP contribution in [0.15, 0.2) is 18.3 Å². The number of hydrogen-bond donors (Lipinski definition) is 1. The first-order chi connectivity index (χ1) is 14.1. The number of hydrogen-bond acceptors (Lipinski definition) is 2. The van der Waals surface area contributed by atoms with Crippen molar-refractivity contribution in [3.05, 3.63) is 24.0 Å². The molecule has 1 aromatic heterocycles. The molecular weight excluding hydrogens is 360 g/mol. The Hall–Kier alpha value is -1.80. The predicted octanol–water partition coefficient (Wildman–Crippen LogP) is 2.46. The minimum absolute atomic E-state index is 0.0579. The van der Waals surface area contributed by atoms with Crippen molar-refractivity contribution in [1.82, 2.24) is 9.47 Å². The van der Waals surface area contributed by atoms with Gasteiger partial charge in [0.25, 0.3) is 5.91 Å². The summed E-state index contributed by atoms with van der Waals surface area (Å²) in [5.74, 6) is 2.75. The normalized spacial score (nSPS) is 37.6. The van der Waals surface area contributed by atoms with Crippen molar-refractivity contribution < 1.29 is 9.69 Å². The van der Waals surface area contributed by atoms with Gasteiger partial charge < -0.3 is 14.4 Å². The van der Waals surface area contributed by atoms with Crippen LogP contribution in [-0.2, 0) is 11.8 Å². The lowest BCUT2D eigenvalue weighted by Gasteiger charge is -2.60. The standard InChI is InChI=1S/C24H34N4O/c1-26-8-2-5-21(26)22-6-3-9-27(22)17-23(29)28(10-4-7-25)24-14-18-11-19(15-24)13-20(12-18)16-24/h2,5,8,18-20,22H,3-4,6,9-17H2,1H3/p+1/t18?,19?,20?,22-,24?/m1/s1. The molecule has 5 nitrogen and oxygen atoms in total. The fourth-order valence-corrected chi connectivity index (χ4v) is 7.79. The number of nitrogens with one attached hydrogen (secondary N) is 1. The summed E-state index contributed by atoms with van der Waals surface area (Å²) in [6.07, 6.45) is 12.6. The lowest BCUT2D eigenvalue weighted by Crippen LogP contribution is -3.11. The zero-order valence-electron chi connectivity index (χ0n) is 17.8. The first kappa shape index (κ1) is 19.2. The zero-order chi connectivity index (χ0) is 20.0. The monoisotopic (exact) mass is 395 g/mol. The Labute approximate surface area is 174 Å². The summed E-state index contributed by atoms with van der Waals surface area (Å²) >= 11 is 0. The fourth-order valence-electron chi connectivity index (χ4n) is 7.79. The van der Waals surface area contributed by atoms with Crippen molar-refractivity contribution in [2.24, 2.45) is 24.8 Å². The minimum Gasteiger partial charge on any atom is -0.350 e. The number of nitrogens with zero attached hydrogens (tertiary/aromatic N) is 3. The van der Waals surface area contributed by atoms with Crippen LogP contribution < -0.4 is 4.90 Å². The number of aromatic nitrogens is 1. The summed E-state index contributed by atoms with van der Waals surface area (Å²) in [4.78, 5) is 17.3. The summed E-state index contributed by atoms with van der Waals surface area (Å²) in [7, 11) is 2.11. The van der Waals surface area contributed by atoms with Crippen molar-refractivity contribution in [2.45, 2.75) is 69.4 Å². The van der Waals surface area contributed by atoms with Gasteiger partial charge in [0.05, 0.1) is 24.7 Å². The molecule has 1 unspecified atom stereocenters. The Morgan fingerprint density at radius 1 is 1.28 bits per heavy atom. The molecule has 1 N–H and O–H groups in total. The van der Waals surface area contributed by atoms with Crippen LogP contribution in [0.25, 0.3) is 0 Å². The lowest BCUT2D eigenvalue weighted by molar-refractivity contribution is -0.911. The number of likely N-dealkylation sites (tertiary alicyclic amines) is 1. The van der Waals surface area contributed by atoms with Gasteiger partial charge in [-0.3, -0.25) is 4.79 Å². The van der Waals surface area contributed by atoms with Gasteiger partial charge in [-0.05, 0) is 68.4 Å². The average molecular weight is 396 g/mol. The third kappa shape index (κ3) is 3.40. The molecule has 4 bridgehead atoms. The number of carbonyl (C=O) groups is 1. The Morgan fingerprint density at radius 2 is 1.97 bits per heavy atom. The predicted molar refractivity (Wildman–Crippen MR) is 111 cm³/mol. The summed E-state index contributed by atoms with van der Waals surface area (Å²) in [5.41, 5.74) is 1.41. The molecule has 2 atom stereocenters. The average Bonchev–Trinajstić information content (AvgIpc) is 3.29. The van der Waals surface area contributed by atoms with E-state index in [1.165, 1.54) is 55.5 Å². The van der Waals surface area contributed by atoms with Gasteiger partial charge in [-0.1, -0.05) is 0 Å². The highest BCUT2D eigenvalue weighted by molar-refractivity contribution is 5.78. The molecule has 1 amide bonds. The number of amides is 1. The zero-order valence-corrected chi connectivity index (χ0v) is 17.8. The molecule has 1 aliphatic heterocycles. The second kappa shape index (κ2) is 7.47. The molecule has 1 aromatic rings. The van der Waals surface area contributed by atoms with E-state index in [4.69, 9.17) is 0 Å². The largest absolute Gasteiger partial charge is 0.350 e. The maximum Gasteiger partial charge on any atom is 0.278 e. The van der Waals surface area contributed by atoms with Gasteiger partial charge in [0.2, 0.25) is 0 Å². The summed E-state index contributed by atoms with van der Waals surface area (Å²) in [5, 5.41) is 9.26. The van der Waals surface area contributed by atoms with Crippen LogP contribution in [0, 0.1) is 29.1 Å². The Kier molecular flexibility index (Phi) is 4.94. The first-order valence-corrected chi connectivity index (χ1v) is 11.7. The number of nitriles is 1. The Bertz CT molecular complexity index is 771. The van der Waals surface area contributed by atoms with Crippen LogP contribution in [0.4, 0.5) is 0 Å². The molecule has 0 radical (unpaired) electrons. The van der Waals surface area contributed by atoms with E-state index in [0.717, 1.165) is 30.7 Å². The van der Waals surface area contributed by atoms with Crippen molar-refractivity contribution in [1.29, 1.82) is 5.26 Å². The molecule has 4 saturated carbocycles. The third-order valence-electron chi connectivity index (χ3n) is 8.53. The lowest BCUT2D eigenvalue weighted by atomic mass is 9.52. The minimum atomic E-state index is 0.0579. The molecule has 6 rings (SSSR count). The maximum atomic E-state index is 13.7. The molecule has 156 valence electrons. The fraction of sp³-hybridized carbons (Fsp3) is 0.750. The van der Waals surface area contributed by atoms with Crippen molar-refractivity contribution >= 4 is 5.91 Å². The van der Waals surface area contributed by atoms with Crippen LogP contribution >= 0.6 is 0 Å². The van der Waals surface area contributed by atoms with Crippen LogP contribution in [0.2, 0.25) is 0 Å². The maximum absolute atomic E-state index is 13.7. The van der Waals surface area contributed by atoms with Crippen molar-refractivity contribution in [2.75, 3.05) is 19.6 Å². The van der Waals surface area contributed by atoms with Gasteiger partial charge in [0.15, 0.2) is 6.54 Å². The Morgan fingerprint density at radius 3 is 2.55 bits per heavy atom. The van der Waals surface area contributed by atoms with E-state index in [1.54, 1.807) is 0 Å². The number of aryl methyl sites for hydroxylation is 1. The van der Waals surface area contributed by atoms with Crippen LogP contribution in [-0.4, -0.2) is 40.5 Å². The SMILES string of the molecule is Cn1cccc1[C@H]1CCC[NH+]1CC(=O)N(CCC#N)C12CC3CC(CC(C3)C1)C2. The molecule has 29 heavy (non-hydrogen) atoms. The van der Waals surface area contributed by atoms with Gasteiger partial charge in [-0.25, -0.2) is 0 Å². The highest BCUT2D eigenvalue weighted by atomic mass is 16.2. The summed E-state index contributed by atoms with van der Waals surface area (Å²) in [6, 6.07) is 7.07. The molecule has 0 aromatic carbocycles. The molecule has 1 saturated heterocycles. The van der Waals surface area contributed by atoms with E-state index in [-0.39, 0.29) is 5.54 Å². The second-order valence-electron chi connectivity index (χ2n) is 10.4. The third-order valence-corrected chi connectivity index (χ3v) is 8.53. The van der Waals surface area contributed by atoms with Crippen LogP contribution in [0.5, 0.6) is 0 Å². The van der Waals surface area contributed by atoms with E-state index in [0.29, 0.717) is 31.5 Å². The molecule has 5 aliphatic rings. The number of rotatable bonds is 6. The molecule has 0 spiro atoms. The second-order valence-corrected chi connectivity index (χ2v) is 10.4. The van der Waals surface area contributed by atoms with Gasteiger partial charge in [-0.15, -0.1) is 0 Å². The van der Waals surface area contributed by atoms with Crippen molar-refractivity contribution in [3.63, 3.8) is 0 Å². The molecule has 4 aliphatic carbocycles. The van der Waals surface area contributed by atoms with E-state index >= 15 is 0 Å².